The normalized spacial score (nSPS) is 11.5. The van der Waals surface area contributed by atoms with Crippen LogP contribution in [0.25, 0.3) is 11.5 Å². The van der Waals surface area contributed by atoms with Crippen molar-refractivity contribution in [3.05, 3.63) is 71.5 Å². The molecule has 146 valence electrons. The number of benzene rings is 2. The minimum absolute atomic E-state index is 0.574. The highest BCUT2D eigenvalue weighted by Crippen LogP contribution is 2.18. The van der Waals surface area contributed by atoms with Gasteiger partial charge in [0.1, 0.15) is 0 Å². The van der Waals surface area contributed by atoms with Gasteiger partial charge in [0.15, 0.2) is 11.8 Å². The van der Waals surface area contributed by atoms with Crippen LogP contribution >= 0.6 is 0 Å². The van der Waals surface area contributed by atoms with Crippen molar-refractivity contribution in [1.29, 1.82) is 0 Å². The molecule has 0 bridgehead atoms. The third-order valence-corrected chi connectivity index (χ3v) is 4.52. The van der Waals surface area contributed by atoms with E-state index in [0.29, 0.717) is 5.89 Å². The molecule has 0 unspecified atom stereocenters. The number of nitrogens with one attached hydrogen (secondary N) is 1. The monoisotopic (exact) mass is 377 g/mol. The number of aryl methyl sites for hydroxylation is 1. The van der Waals surface area contributed by atoms with Crippen LogP contribution in [0, 0.1) is 0 Å². The second-order valence-corrected chi connectivity index (χ2v) is 6.63. The first-order chi connectivity index (χ1) is 13.7. The summed E-state index contributed by atoms with van der Waals surface area (Å²) in [4.78, 5) is 10.9. The minimum Gasteiger partial charge on any atom is -0.356 e. The molecule has 0 saturated carbocycles. The molecule has 0 fully saturated rings. The Morgan fingerprint density at radius 2 is 1.82 bits per heavy atom. The number of rotatable bonds is 7. The molecule has 0 spiro atoms. The zero-order chi connectivity index (χ0) is 19.8. The Kier molecular flexibility index (Phi) is 6.78. The summed E-state index contributed by atoms with van der Waals surface area (Å²) < 4.78 is 5.29. The first-order valence-corrected chi connectivity index (χ1v) is 9.57. The Bertz CT molecular complexity index is 887. The van der Waals surface area contributed by atoms with Gasteiger partial charge in [0, 0.05) is 39.2 Å². The van der Waals surface area contributed by atoms with Gasteiger partial charge in [0.2, 0.25) is 0 Å². The summed E-state index contributed by atoms with van der Waals surface area (Å²) >= 11 is 0. The van der Waals surface area contributed by atoms with Crippen molar-refractivity contribution < 1.29 is 4.52 Å². The lowest BCUT2D eigenvalue weighted by Gasteiger charge is -2.22. The van der Waals surface area contributed by atoms with Gasteiger partial charge in [0.05, 0.1) is 0 Å². The molecular weight excluding hydrogens is 350 g/mol. The molecule has 0 saturated heterocycles. The lowest BCUT2D eigenvalue weighted by molar-refractivity contribution is 0.423. The number of hydrogen-bond donors (Lipinski definition) is 1. The maximum absolute atomic E-state index is 5.29. The van der Waals surface area contributed by atoms with Crippen molar-refractivity contribution in [3.8, 4) is 11.5 Å². The van der Waals surface area contributed by atoms with E-state index >= 15 is 0 Å². The molecule has 2 aromatic carbocycles. The van der Waals surface area contributed by atoms with Crippen molar-refractivity contribution in [2.45, 2.75) is 26.3 Å². The summed E-state index contributed by atoms with van der Waals surface area (Å²) in [5, 5.41) is 7.37. The molecule has 6 heteroatoms. The number of aliphatic imine (C=N–C) groups is 1. The van der Waals surface area contributed by atoms with Gasteiger partial charge in [-0.05, 0) is 29.7 Å². The van der Waals surface area contributed by atoms with Crippen LogP contribution in [-0.2, 0) is 19.4 Å². The van der Waals surface area contributed by atoms with Crippen LogP contribution in [-0.4, -0.2) is 41.6 Å². The van der Waals surface area contributed by atoms with Gasteiger partial charge in [-0.2, -0.15) is 4.98 Å². The first-order valence-electron chi connectivity index (χ1n) is 9.57. The van der Waals surface area contributed by atoms with E-state index in [2.05, 4.69) is 61.7 Å². The van der Waals surface area contributed by atoms with Crippen molar-refractivity contribution >= 4 is 5.96 Å². The molecule has 0 amide bonds. The van der Waals surface area contributed by atoms with E-state index in [1.807, 2.05) is 39.2 Å². The number of nitrogens with zero attached hydrogens (tertiary/aromatic N) is 4. The van der Waals surface area contributed by atoms with Crippen LogP contribution in [0.4, 0.5) is 0 Å². The minimum atomic E-state index is 0.574. The lowest BCUT2D eigenvalue weighted by Crippen LogP contribution is -2.39. The fourth-order valence-corrected chi connectivity index (χ4v) is 2.96. The molecule has 1 aromatic heterocycles. The van der Waals surface area contributed by atoms with Gasteiger partial charge in [-0.3, -0.25) is 4.99 Å². The third-order valence-electron chi connectivity index (χ3n) is 4.52. The summed E-state index contributed by atoms with van der Waals surface area (Å²) in [6.45, 7) is 3.64. The third kappa shape index (κ3) is 5.19. The van der Waals surface area contributed by atoms with Crippen LogP contribution in [0.5, 0.6) is 0 Å². The van der Waals surface area contributed by atoms with Gasteiger partial charge in [-0.25, -0.2) is 0 Å². The Morgan fingerprint density at radius 1 is 1.07 bits per heavy atom. The van der Waals surface area contributed by atoms with E-state index in [0.717, 1.165) is 43.3 Å². The highest BCUT2D eigenvalue weighted by atomic mass is 16.5. The standard InChI is InChI=1S/C22H27N5O/c1-4-20-25-21(28-26-20)19-12-10-17(11-13-19)14-15-24-22(23-2)27(3)16-18-8-6-5-7-9-18/h5-13H,4,14-16H2,1-3H3,(H,23,24). The lowest BCUT2D eigenvalue weighted by atomic mass is 10.1. The van der Waals surface area contributed by atoms with Crippen molar-refractivity contribution in [1.82, 2.24) is 20.4 Å². The van der Waals surface area contributed by atoms with Gasteiger partial charge >= 0.3 is 0 Å². The van der Waals surface area contributed by atoms with E-state index in [1.165, 1.54) is 11.1 Å². The van der Waals surface area contributed by atoms with E-state index in [1.54, 1.807) is 0 Å². The number of hydrogen-bond acceptors (Lipinski definition) is 4. The molecular formula is C22H27N5O. The molecule has 1 heterocycles. The highest BCUT2D eigenvalue weighted by molar-refractivity contribution is 5.79. The summed E-state index contributed by atoms with van der Waals surface area (Å²) in [5.41, 5.74) is 3.45. The fourth-order valence-electron chi connectivity index (χ4n) is 2.96. The predicted molar refractivity (Wildman–Crippen MR) is 112 cm³/mol. The molecule has 0 atom stereocenters. The van der Waals surface area contributed by atoms with Crippen molar-refractivity contribution in [3.63, 3.8) is 0 Å². The topological polar surface area (TPSA) is 66.6 Å². The van der Waals surface area contributed by atoms with Gasteiger partial charge in [0.25, 0.3) is 5.89 Å². The average Bonchev–Trinajstić information content (AvgIpc) is 3.21. The molecule has 28 heavy (non-hydrogen) atoms. The maximum atomic E-state index is 5.29. The Morgan fingerprint density at radius 3 is 2.46 bits per heavy atom. The van der Waals surface area contributed by atoms with Crippen LogP contribution < -0.4 is 5.32 Å². The zero-order valence-electron chi connectivity index (χ0n) is 16.7. The Labute approximate surface area is 166 Å². The number of guanidine groups is 1. The fraction of sp³-hybridized carbons (Fsp3) is 0.318. The second-order valence-electron chi connectivity index (χ2n) is 6.63. The molecule has 3 aromatic rings. The number of aromatic nitrogens is 2. The first kappa shape index (κ1) is 19.6. The zero-order valence-corrected chi connectivity index (χ0v) is 16.7. The largest absolute Gasteiger partial charge is 0.356 e. The van der Waals surface area contributed by atoms with E-state index in [-0.39, 0.29) is 0 Å². The summed E-state index contributed by atoms with van der Waals surface area (Å²) in [6.07, 6.45) is 1.68. The highest BCUT2D eigenvalue weighted by Gasteiger charge is 2.08. The molecule has 3 rings (SSSR count). The van der Waals surface area contributed by atoms with Crippen LogP contribution in [0.2, 0.25) is 0 Å². The van der Waals surface area contributed by atoms with Gasteiger partial charge in [-0.15, -0.1) is 0 Å². The predicted octanol–water partition coefficient (Wildman–Crippen LogP) is 3.55. The summed E-state index contributed by atoms with van der Waals surface area (Å²) in [7, 11) is 3.86. The molecule has 6 nitrogen and oxygen atoms in total. The maximum Gasteiger partial charge on any atom is 0.257 e. The van der Waals surface area contributed by atoms with E-state index in [4.69, 9.17) is 4.52 Å². The van der Waals surface area contributed by atoms with Gasteiger partial charge < -0.3 is 14.7 Å². The summed E-state index contributed by atoms with van der Waals surface area (Å²) in [6, 6.07) is 18.6. The Balaban J connectivity index is 1.50. The SMILES string of the molecule is CCc1noc(-c2ccc(CCNC(=NC)N(C)Cc3ccccc3)cc2)n1. The quantitative estimate of drug-likeness (QED) is 0.504. The van der Waals surface area contributed by atoms with Crippen molar-refractivity contribution in [2.24, 2.45) is 4.99 Å². The van der Waals surface area contributed by atoms with Crippen molar-refractivity contribution in [2.75, 3.05) is 20.6 Å². The average molecular weight is 377 g/mol. The van der Waals surface area contributed by atoms with E-state index < -0.39 is 0 Å². The van der Waals surface area contributed by atoms with E-state index in [9.17, 15) is 0 Å². The molecule has 1 N–H and O–H groups in total. The summed E-state index contributed by atoms with van der Waals surface area (Å²) in [5.74, 6) is 2.19. The second kappa shape index (κ2) is 9.69. The van der Waals surface area contributed by atoms with Crippen LogP contribution in [0.1, 0.15) is 23.9 Å². The molecule has 0 aliphatic rings. The molecule has 0 aliphatic heterocycles. The Hall–Kier alpha value is -3.15. The van der Waals surface area contributed by atoms with Crippen LogP contribution in [0.3, 0.4) is 0 Å². The van der Waals surface area contributed by atoms with Gasteiger partial charge in [-0.1, -0.05) is 54.5 Å². The smallest absolute Gasteiger partial charge is 0.257 e. The molecule has 0 aliphatic carbocycles. The molecule has 0 radical (unpaired) electrons. The van der Waals surface area contributed by atoms with Crippen LogP contribution in [0.15, 0.2) is 64.1 Å².